The number of fused-ring (bicyclic) bond motifs is 1. The summed E-state index contributed by atoms with van der Waals surface area (Å²) in [6.45, 7) is 5.16. The maximum atomic E-state index is 13.8. The third kappa shape index (κ3) is 4.36. The first-order valence-electron chi connectivity index (χ1n) is 8.99. The summed E-state index contributed by atoms with van der Waals surface area (Å²) in [6, 6.07) is 2.21. The number of hydrogen-bond acceptors (Lipinski definition) is 5. The van der Waals surface area contributed by atoms with Crippen LogP contribution in [0.1, 0.15) is 34.8 Å². The monoisotopic (exact) mass is 408 g/mol. The summed E-state index contributed by atoms with van der Waals surface area (Å²) in [4.78, 5) is 32.8. The second-order valence-corrected chi connectivity index (χ2v) is 8.24. The highest BCUT2D eigenvalue weighted by Crippen LogP contribution is 2.28. The molecule has 0 spiro atoms. The molecule has 0 saturated carbocycles. The van der Waals surface area contributed by atoms with Gasteiger partial charge < -0.3 is 15.5 Å². The fourth-order valence-corrected chi connectivity index (χ4v) is 4.11. The van der Waals surface area contributed by atoms with E-state index < -0.39 is 35.1 Å². The average molecular weight is 408 g/mol. The lowest BCUT2D eigenvalue weighted by molar-refractivity contribution is -0.118. The quantitative estimate of drug-likeness (QED) is 0.798. The lowest BCUT2D eigenvalue weighted by atomic mass is 10.0. The molecular weight excluding hydrogens is 386 g/mol. The first-order valence-corrected chi connectivity index (χ1v) is 9.80. The molecule has 1 aliphatic rings. The second kappa shape index (κ2) is 8.32. The van der Waals surface area contributed by atoms with Gasteiger partial charge in [-0.1, -0.05) is 19.9 Å². The van der Waals surface area contributed by atoms with Crippen molar-refractivity contribution < 1.29 is 18.4 Å². The molecule has 1 aromatic heterocycles. The smallest absolute Gasteiger partial charge is 0.257 e. The SMILES string of the molecule is CC(C)[C@H](NC(=O)c1c(F)cccc1F)C(=O)Nc1nc2c(s1)CN(C)CC2. The molecule has 0 saturated heterocycles. The molecule has 3 rings (SSSR count). The lowest BCUT2D eigenvalue weighted by Crippen LogP contribution is -2.47. The molecule has 0 aliphatic carbocycles. The molecule has 150 valence electrons. The predicted octanol–water partition coefficient (Wildman–Crippen LogP) is 2.80. The number of benzene rings is 1. The van der Waals surface area contributed by atoms with E-state index in [9.17, 15) is 18.4 Å². The van der Waals surface area contributed by atoms with Crippen LogP contribution in [0.15, 0.2) is 18.2 Å². The van der Waals surface area contributed by atoms with Crippen LogP contribution in [0.2, 0.25) is 0 Å². The summed E-state index contributed by atoms with van der Waals surface area (Å²) in [5.41, 5.74) is 0.269. The zero-order chi connectivity index (χ0) is 20.4. The van der Waals surface area contributed by atoms with Crippen LogP contribution in [0.5, 0.6) is 0 Å². The Labute approximate surface area is 166 Å². The van der Waals surface area contributed by atoms with E-state index >= 15 is 0 Å². The molecule has 2 amide bonds. The zero-order valence-electron chi connectivity index (χ0n) is 15.9. The largest absolute Gasteiger partial charge is 0.340 e. The van der Waals surface area contributed by atoms with Gasteiger partial charge in [0.15, 0.2) is 5.13 Å². The Bertz CT molecular complexity index is 880. The molecule has 6 nitrogen and oxygen atoms in total. The molecule has 9 heteroatoms. The number of likely N-dealkylation sites (N-methyl/N-ethyl adjacent to an activating group) is 1. The minimum absolute atomic E-state index is 0.292. The molecule has 0 unspecified atom stereocenters. The molecule has 2 aromatic rings. The number of carbonyl (C=O) groups excluding carboxylic acids is 2. The zero-order valence-corrected chi connectivity index (χ0v) is 16.7. The first kappa shape index (κ1) is 20.3. The number of amides is 2. The fraction of sp³-hybridized carbons (Fsp3) is 0.421. The molecule has 2 heterocycles. The summed E-state index contributed by atoms with van der Waals surface area (Å²) in [5, 5.41) is 5.63. The highest BCUT2D eigenvalue weighted by atomic mass is 32.1. The van der Waals surface area contributed by atoms with Crippen molar-refractivity contribution in [2.75, 3.05) is 18.9 Å². The van der Waals surface area contributed by atoms with Crippen molar-refractivity contribution in [2.24, 2.45) is 5.92 Å². The summed E-state index contributed by atoms with van der Waals surface area (Å²) >= 11 is 1.40. The Balaban J connectivity index is 1.73. The van der Waals surface area contributed by atoms with Gasteiger partial charge in [-0.15, -0.1) is 11.3 Å². The van der Waals surface area contributed by atoms with Gasteiger partial charge in [0, 0.05) is 24.4 Å². The summed E-state index contributed by atoms with van der Waals surface area (Å²) in [5.74, 6) is -3.68. The number of nitrogens with zero attached hydrogens (tertiary/aromatic N) is 2. The van der Waals surface area contributed by atoms with Crippen LogP contribution < -0.4 is 10.6 Å². The molecule has 0 fully saturated rings. The highest BCUT2D eigenvalue weighted by Gasteiger charge is 2.28. The topological polar surface area (TPSA) is 74.3 Å². The van der Waals surface area contributed by atoms with Gasteiger partial charge in [-0.05, 0) is 25.1 Å². The van der Waals surface area contributed by atoms with E-state index in [4.69, 9.17) is 0 Å². The summed E-state index contributed by atoms with van der Waals surface area (Å²) in [7, 11) is 2.02. The number of carbonyl (C=O) groups is 2. The number of hydrogen-bond donors (Lipinski definition) is 2. The van der Waals surface area contributed by atoms with Gasteiger partial charge in [0.25, 0.3) is 5.91 Å². The van der Waals surface area contributed by atoms with Gasteiger partial charge in [-0.25, -0.2) is 13.8 Å². The van der Waals surface area contributed by atoms with Crippen LogP contribution in [-0.4, -0.2) is 41.3 Å². The highest BCUT2D eigenvalue weighted by molar-refractivity contribution is 7.15. The van der Waals surface area contributed by atoms with Crippen LogP contribution >= 0.6 is 11.3 Å². The van der Waals surface area contributed by atoms with Gasteiger partial charge in [-0.2, -0.15) is 0 Å². The lowest BCUT2D eigenvalue weighted by Gasteiger charge is -2.21. The van der Waals surface area contributed by atoms with Gasteiger partial charge in [0.1, 0.15) is 23.2 Å². The minimum atomic E-state index is -0.975. The van der Waals surface area contributed by atoms with Crippen molar-refractivity contribution in [1.82, 2.24) is 15.2 Å². The number of nitrogens with one attached hydrogen (secondary N) is 2. The fourth-order valence-electron chi connectivity index (χ4n) is 3.02. The maximum absolute atomic E-state index is 13.8. The molecule has 0 radical (unpaired) electrons. The standard InChI is InChI=1S/C19H22F2N4O2S/c1-10(2)16(23-17(26)15-11(20)5-4-6-12(15)21)18(27)24-19-22-13-7-8-25(3)9-14(13)28-19/h4-6,10,16H,7-9H2,1-3H3,(H,23,26)(H,22,24,27)/t16-/m0/s1. The van der Waals surface area contributed by atoms with E-state index in [0.717, 1.165) is 42.2 Å². The molecule has 1 aliphatic heterocycles. The van der Waals surface area contributed by atoms with Crippen LogP contribution in [0, 0.1) is 17.6 Å². The van der Waals surface area contributed by atoms with Crippen LogP contribution in [0.4, 0.5) is 13.9 Å². The molecule has 0 bridgehead atoms. The van der Waals surface area contributed by atoms with E-state index in [1.165, 1.54) is 17.4 Å². The van der Waals surface area contributed by atoms with Crippen molar-refractivity contribution in [3.63, 3.8) is 0 Å². The Morgan fingerprint density at radius 2 is 1.93 bits per heavy atom. The number of thiazole rings is 1. The van der Waals surface area contributed by atoms with Gasteiger partial charge in [-0.3, -0.25) is 9.59 Å². The summed E-state index contributed by atoms with van der Waals surface area (Å²) in [6.07, 6.45) is 0.815. The molecular formula is C19H22F2N4O2S. The Morgan fingerprint density at radius 3 is 2.57 bits per heavy atom. The molecule has 1 atom stereocenters. The van der Waals surface area contributed by atoms with E-state index in [1.807, 2.05) is 7.05 Å². The van der Waals surface area contributed by atoms with E-state index in [-0.39, 0.29) is 5.92 Å². The number of halogens is 2. The third-order valence-electron chi connectivity index (χ3n) is 4.58. The van der Waals surface area contributed by atoms with Gasteiger partial charge in [0.2, 0.25) is 5.91 Å². The van der Waals surface area contributed by atoms with Gasteiger partial charge >= 0.3 is 0 Å². The van der Waals surface area contributed by atoms with Crippen LogP contribution in [-0.2, 0) is 17.8 Å². The average Bonchev–Trinajstić information content (AvgIpc) is 3.00. The Kier molecular flexibility index (Phi) is 6.04. The number of anilines is 1. The van der Waals surface area contributed by atoms with Crippen molar-refractivity contribution in [1.29, 1.82) is 0 Å². The number of aromatic nitrogens is 1. The van der Waals surface area contributed by atoms with Gasteiger partial charge in [0.05, 0.1) is 5.69 Å². The normalized spacial score (nSPS) is 15.2. The van der Waals surface area contributed by atoms with E-state index in [2.05, 4.69) is 20.5 Å². The molecule has 28 heavy (non-hydrogen) atoms. The Morgan fingerprint density at radius 1 is 1.25 bits per heavy atom. The number of rotatable bonds is 5. The van der Waals surface area contributed by atoms with Crippen molar-refractivity contribution in [2.45, 2.75) is 32.9 Å². The van der Waals surface area contributed by atoms with Crippen molar-refractivity contribution in [3.05, 3.63) is 46.0 Å². The van der Waals surface area contributed by atoms with Crippen molar-refractivity contribution >= 4 is 28.3 Å². The first-order chi connectivity index (χ1) is 13.3. The van der Waals surface area contributed by atoms with Crippen LogP contribution in [0.25, 0.3) is 0 Å². The minimum Gasteiger partial charge on any atom is -0.340 e. The van der Waals surface area contributed by atoms with E-state index in [1.54, 1.807) is 13.8 Å². The molecule has 2 N–H and O–H groups in total. The Hall–Kier alpha value is -2.39. The third-order valence-corrected chi connectivity index (χ3v) is 5.58. The second-order valence-electron chi connectivity index (χ2n) is 7.16. The van der Waals surface area contributed by atoms with Crippen molar-refractivity contribution in [3.8, 4) is 0 Å². The van der Waals surface area contributed by atoms with Crippen LogP contribution in [0.3, 0.4) is 0 Å². The van der Waals surface area contributed by atoms with E-state index in [0.29, 0.717) is 5.13 Å². The molecule has 1 aromatic carbocycles. The summed E-state index contributed by atoms with van der Waals surface area (Å²) < 4.78 is 27.7. The maximum Gasteiger partial charge on any atom is 0.257 e. The predicted molar refractivity (Wildman–Crippen MR) is 103 cm³/mol.